The van der Waals surface area contributed by atoms with Crippen molar-refractivity contribution < 1.29 is 19.4 Å². The number of benzene rings is 3. The van der Waals surface area contributed by atoms with Crippen LogP contribution in [-0.4, -0.2) is 23.4 Å². The molecule has 1 amide bonds. The highest BCUT2D eigenvalue weighted by molar-refractivity contribution is 6.51. The van der Waals surface area contributed by atoms with Gasteiger partial charge in [-0.05, 0) is 73.0 Å². The fraction of sp³-hybridized carbons (Fsp3) is 0.185. The van der Waals surface area contributed by atoms with Crippen molar-refractivity contribution >= 4 is 46.3 Å². The molecule has 1 aliphatic rings. The number of carbonyl (C=O) groups excluding carboxylic acids is 2. The van der Waals surface area contributed by atoms with Gasteiger partial charge in [0.15, 0.2) is 0 Å². The molecule has 5 nitrogen and oxygen atoms in total. The number of rotatable bonds is 6. The van der Waals surface area contributed by atoms with E-state index < -0.39 is 17.7 Å². The van der Waals surface area contributed by atoms with E-state index in [1.165, 1.54) is 4.90 Å². The fourth-order valence-corrected chi connectivity index (χ4v) is 4.18. The highest BCUT2D eigenvalue weighted by Crippen LogP contribution is 2.43. The molecular weight excluding hydrogens is 473 g/mol. The Bertz CT molecular complexity index is 1270. The summed E-state index contributed by atoms with van der Waals surface area (Å²) in [6.07, 6.45) is 0.870. The first-order valence-corrected chi connectivity index (χ1v) is 11.6. The van der Waals surface area contributed by atoms with Gasteiger partial charge in [-0.3, -0.25) is 14.5 Å². The Labute approximate surface area is 208 Å². The Morgan fingerprint density at radius 1 is 1.00 bits per heavy atom. The Kier molecular flexibility index (Phi) is 6.96. The van der Waals surface area contributed by atoms with Crippen LogP contribution in [0.1, 0.15) is 36.1 Å². The Balaban J connectivity index is 1.85. The Hall–Kier alpha value is -3.28. The van der Waals surface area contributed by atoms with Crippen LogP contribution in [0.3, 0.4) is 0 Å². The van der Waals surface area contributed by atoms with Gasteiger partial charge in [0, 0.05) is 21.3 Å². The first-order valence-electron chi connectivity index (χ1n) is 10.9. The highest BCUT2D eigenvalue weighted by Gasteiger charge is 2.47. The number of hydrogen-bond donors (Lipinski definition) is 1. The van der Waals surface area contributed by atoms with Gasteiger partial charge in [-0.25, -0.2) is 0 Å². The molecule has 1 unspecified atom stereocenters. The molecule has 3 aromatic carbocycles. The van der Waals surface area contributed by atoms with Gasteiger partial charge >= 0.3 is 0 Å². The SMILES string of the molecule is CCCOc1ccc(/C(O)=C2\C(=O)C(=O)N(c3ccc(C)c(Cl)c3)C2c2ccc(Cl)cc2)cc1. The van der Waals surface area contributed by atoms with E-state index in [2.05, 4.69) is 0 Å². The Morgan fingerprint density at radius 3 is 2.29 bits per heavy atom. The normalized spacial score (nSPS) is 17.3. The number of halogens is 2. The lowest BCUT2D eigenvalue weighted by Gasteiger charge is -2.26. The smallest absolute Gasteiger partial charge is 0.300 e. The average molecular weight is 496 g/mol. The molecule has 0 saturated carbocycles. The van der Waals surface area contributed by atoms with Gasteiger partial charge in [-0.2, -0.15) is 0 Å². The van der Waals surface area contributed by atoms with E-state index in [-0.39, 0.29) is 11.3 Å². The molecule has 0 aromatic heterocycles. The zero-order valence-electron chi connectivity index (χ0n) is 18.7. The molecule has 0 spiro atoms. The predicted octanol–water partition coefficient (Wildman–Crippen LogP) is 6.72. The molecule has 1 fully saturated rings. The number of ether oxygens (including phenoxy) is 1. The minimum atomic E-state index is -0.855. The van der Waals surface area contributed by atoms with Crippen LogP contribution in [0.4, 0.5) is 5.69 Å². The number of anilines is 1. The quantitative estimate of drug-likeness (QED) is 0.234. The number of ketones is 1. The summed E-state index contributed by atoms with van der Waals surface area (Å²) in [5.74, 6) is -1.13. The van der Waals surface area contributed by atoms with Crippen molar-refractivity contribution in [1.29, 1.82) is 0 Å². The molecule has 1 saturated heterocycles. The molecular formula is C27H23Cl2NO4. The molecule has 1 N–H and O–H groups in total. The molecule has 7 heteroatoms. The number of aliphatic hydroxyl groups is 1. The van der Waals surface area contributed by atoms with Crippen molar-refractivity contribution in [2.45, 2.75) is 26.3 Å². The van der Waals surface area contributed by atoms with Crippen molar-refractivity contribution in [2.24, 2.45) is 0 Å². The third-order valence-electron chi connectivity index (χ3n) is 5.66. The fourth-order valence-electron chi connectivity index (χ4n) is 3.88. The summed E-state index contributed by atoms with van der Waals surface area (Å²) in [4.78, 5) is 27.8. The molecule has 174 valence electrons. The maximum atomic E-state index is 13.2. The van der Waals surface area contributed by atoms with E-state index in [4.69, 9.17) is 27.9 Å². The summed E-state index contributed by atoms with van der Waals surface area (Å²) < 4.78 is 5.60. The molecule has 3 aromatic rings. The van der Waals surface area contributed by atoms with Crippen LogP contribution in [0.5, 0.6) is 5.75 Å². The molecule has 0 aliphatic carbocycles. The van der Waals surface area contributed by atoms with E-state index in [0.717, 1.165) is 12.0 Å². The number of hydrogen-bond acceptors (Lipinski definition) is 4. The van der Waals surface area contributed by atoms with E-state index in [9.17, 15) is 14.7 Å². The summed E-state index contributed by atoms with van der Waals surface area (Å²) in [5.41, 5.74) is 2.33. The van der Waals surface area contributed by atoms with Gasteiger partial charge in [0.05, 0.1) is 18.2 Å². The van der Waals surface area contributed by atoms with E-state index in [1.54, 1.807) is 66.7 Å². The van der Waals surface area contributed by atoms with Crippen LogP contribution < -0.4 is 9.64 Å². The second-order valence-corrected chi connectivity index (χ2v) is 8.87. The van der Waals surface area contributed by atoms with Gasteiger partial charge in [-0.15, -0.1) is 0 Å². The zero-order valence-corrected chi connectivity index (χ0v) is 20.2. The van der Waals surface area contributed by atoms with E-state index in [0.29, 0.717) is 39.2 Å². The maximum Gasteiger partial charge on any atom is 0.300 e. The van der Waals surface area contributed by atoms with Gasteiger partial charge < -0.3 is 9.84 Å². The van der Waals surface area contributed by atoms with Crippen molar-refractivity contribution in [3.63, 3.8) is 0 Å². The molecule has 1 aliphatic heterocycles. The summed E-state index contributed by atoms with van der Waals surface area (Å²) in [6.45, 7) is 4.44. The number of Topliss-reactive ketones (excluding diaryl/α,β-unsaturated/α-hetero) is 1. The maximum absolute atomic E-state index is 13.2. The molecule has 1 heterocycles. The van der Waals surface area contributed by atoms with Crippen LogP contribution in [0.15, 0.2) is 72.3 Å². The highest BCUT2D eigenvalue weighted by atomic mass is 35.5. The topological polar surface area (TPSA) is 66.8 Å². The summed E-state index contributed by atoms with van der Waals surface area (Å²) in [5, 5.41) is 12.2. The van der Waals surface area contributed by atoms with Crippen molar-refractivity contribution in [3.05, 3.63) is 99.0 Å². The minimum Gasteiger partial charge on any atom is -0.507 e. The molecule has 1 atom stereocenters. The molecule has 0 bridgehead atoms. The van der Waals surface area contributed by atoms with Crippen LogP contribution >= 0.6 is 23.2 Å². The Morgan fingerprint density at radius 2 is 1.68 bits per heavy atom. The molecule has 0 radical (unpaired) electrons. The van der Waals surface area contributed by atoms with Crippen LogP contribution in [0.2, 0.25) is 10.0 Å². The summed E-state index contributed by atoms with van der Waals surface area (Å²) >= 11 is 12.4. The lowest BCUT2D eigenvalue weighted by molar-refractivity contribution is -0.132. The van der Waals surface area contributed by atoms with Crippen molar-refractivity contribution in [2.75, 3.05) is 11.5 Å². The van der Waals surface area contributed by atoms with Gasteiger partial charge in [0.25, 0.3) is 11.7 Å². The van der Waals surface area contributed by atoms with Crippen molar-refractivity contribution in [1.82, 2.24) is 0 Å². The molecule has 4 rings (SSSR count). The van der Waals surface area contributed by atoms with Crippen LogP contribution in [-0.2, 0) is 9.59 Å². The summed E-state index contributed by atoms with van der Waals surface area (Å²) in [6, 6.07) is 17.9. The van der Waals surface area contributed by atoms with Gasteiger partial charge in [0.1, 0.15) is 11.5 Å². The second kappa shape index (κ2) is 9.92. The lowest BCUT2D eigenvalue weighted by Crippen LogP contribution is -2.29. The number of amides is 1. The first-order chi connectivity index (χ1) is 16.3. The largest absolute Gasteiger partial charge is 0.507 e. The number of carbonyl (C=O) groups is 2. The van der Waals surface area contributed by atoms with Crippen molar-refractivity contribution in [3.8, 4) is 5.75 Å². The average Bonchev–Trinajstić information content (AvgIpc) is 3.10. The standard InChI is InChI=1S/C27H23Cl2NO4/c1-3-14-34-21-12-7-18(8-13-21)25(31)23-24(17-5-9-19(28)10-6-17)30(27(33)26(23)32)20-11-4-16(2)22(29)15-20/h4-13,15,24,31H,3,14H2,1-2H3/b25-23+. The zero-order chi connectivity index (χ0) is 24.4. The van der Waals surface area contributed by atoms with E-state index >= 15 is 0 Å². The number of aliphatic hydroxyl groups excluding tert-OH is 1. The van der Waals surface area contributed by atoms with E-state index in [1.807, 2.05) is 13.8 Å². The summed E-state index contributed by atoms with van der Waals surface area (Å²) in [7, 11) is 0. The minimum absolute atomic E-state index is 0.00811. The molecule has 34 heavy (non-hydrogen) atoms. The lowest BCUT2D eigenvalue weighted by atomic mass is 9.95. The third kappa shape index (κ3) is 4.54. The number of aryl methyl sites for hydroxylation is 1. The first kappa shape index (κ1) is 23.9. The third-order valence-corrected chi connectivity index (χ3v) is 6.32. The van der Waals surface area contributed by atoms with Crippen LogP contribution in [0.25, 0.3) is 5.76 Å². The number of nitrogens with zero attached hydrogens (tertiary/aromatic N) is 1. The van der Waals surface area contributed by atoms with Gasteiger partial charge in [0.2, 0.25) is 0 Å². The predicted molar refractivity (Wildman–Crippen MR) is 135 cm³/mol. The second-order valence-electron chi connectivity index (χ2n) is 8.03. The van der Waals surface area contributed by atoms with Crippen LogP contribution in [0, 0.1) is 6.92 Å². The monoisotopic (exact) mass is 495 g/mol. The van der Waals surface area contributed by atoms with Gasteiger partial charge in [-0.1, -0.05) is 48.3 Å².